The maximum Gasteiger partial charge on any atom is 0.373 e. The van der Waals surface area contributed by atoms with E-state index in [1.54, 1.807) is 9.80 Å². The average molecular weight is 792 g/mol. The third kappa shape index (κ3) is 26.8. The number of hydrogen-bond donors (Lipinski definition) is 3. The molecular weight excluding hydrogens is 734 g/mol. The molecule has 2 aliphatic rings. The van der Waals surface area contributed by atoms with Crippen LogP contribution in [0, 0.1) is 5.92 Å². The molecule has 2 fully saturated rings. The monoisotopic (exact) mass is 791 g/mol. The molecule has 2 amide bonds. The van der Waals surface area contributed by atoms with E-state index in [4.69, 9.17) is 35.0 Å². The molecule has 23 nitrogen and oxygen atoms in total. The zero-order valence-corrected chi connectivity index (χ0v) is 31.6. The van der Waals surface area contributed by atoms with E-state index in [1.807, 2.05) is 19.6 Å². The third-order valence-electron chi connectivity index (χ3n) is 8.07. The van der Waals surface area contributed by atoms with E-state index in [0.29, 0.717) is 117 Å². The van der Waals surface area contributed by atoms with E-state index in [1.165, 1.54) is 4.90 Å². The number of hydrogen-bond acceptors (Lipinski definition) is 19. The Morgan fingerprint density at radius 3 is 1.24 bits per heavy atom. The fourth-order valence-corrected chi connectivity index (χ4v) is 5.48. The molecule has 55 heavy (non-hydrogen) atoms. The number of carboxylic acid groups (broad SMARTS) is 2. The lowest BCUT2D eigenvalue weighted by atomic mass is 10.2. The van der Waals surface area contributed by atoms with Gasteiger partial charge in [-0.3, -0.25) is 68.7 Å². The van der Waals surface area contributed by atoms with Crippen molar-refractivity contribution in [2.45, 2.75) is 20.1 Å². The van der Waals surface area contributed by atoms with Gasteiger partial charge in [0.1, 0.15) is 13.5 Å². The lowest BCUT2D eigenvalue weighted by Crippen LogP contribution is -2.47. The maximum atomic E-state index is 11.3. The molecule has 1 unspecified atom stereocenters. The van der Waals surface area contributed by atoms with Crippen molar-refractivity contribution in [2.75, 3.05) is 132 Å². The van der Waals surface area contributed by atoms with E-state index < -0.39 is 18.2 Å². The largest absolute Gasteiger partial charge is 0.480 e. The quantitative estimate of drug-likeness (QED) is 0.0530. The Bertz CT molecular complexity index is 1150. The molecule has 0 aromatic carbocycles. The van der Waals surface area contributed by atoms with Crippen molar-refractivity contribution in [3.8, 4) is 0 Å². The van der Waals surface area contributed by atoms with Crippen LogP contribution in [0.15, 0.2) is 0 Å². The first kappa shape index (κ1) is 50.4. The van der Waals surface area contributed by atoms with Crippen LogP contribution in [0.25, 0.3) is 0 Å². The average Bonchev–Trinajstić information content (AvgIpc) is 3.28. The maximum absolute atomic E-state index is 11.3. The molecule has 0 bridgehead atoms. The van der Waals surface area contributed by atoms with Crippen LogP contribution < -0.4 is 5.73 Å². The second kappa shape index (κ2) is 31.7. The zero-order valence-electron chi connectivity index (χ0n) is 31.6. The summed E-state index contributed by atoms with van der Waals surface area (Å²) in [4.78, 5) is 107. The summed E-state index contributed by atoms with van der Waals surface area (Å²) in [5.74, 6) is -1.41. The highest BCUT2D eigenvalue weighted by Gasteiger charge is 2.22. The van der Waals surface area contributed by atoms with Crippen LogP contribution in [0.1, 0.15) is 13.8 Å². The topological polar surface area (TPSA) is 274 Å². The summed E-state index contributed by atoms with van der Waals surface area (Å²) in [6, 6.07) is 0. The molecule has 2 aliphatic heterocycles. The van der Waals surface area contributed by atoms with Crippen LogP contribution in [0.2, 0.25) is 0 Å². The predicted molar refractivity (Wildman–Crippen MR) is 189 cm³/mol. The molecule has 0 aromatic heterocycles. The van der Waals surface area contributed by atoms with E-state index >= 15 is 0 Å². The van der Waals surface area contributed by atoms with Gasteiger partial charge in [-0.1, -0.05) is 13.8 Å². The highest BCUT2D eigenvalue weighted by molar-refractivity contribution is 5.69. The van der Waals surface area contributed by atoms with Crippen LogP contribution in [-0.4, -0.2) is 237 Å². The van der Waals surface area contributed by atoms with Gasteiger partial charge in [0.2, 0.25) is 12.8 Å². The molecule has 0 aromatic rings. The van der Waals surface area contributed by atoms with Gasteiger partial charge >= 0.3 is 18.1 Å². The van der Waals surface area contributed by atoms with Gasteiger partial charge in [-0.05, 0) is 5.92 Å². The SMILES string of the molecule is CC(C)CN(C=O)CN1CCN(COC=O)CCN(CC(=O)O)CC1.NC(CN(C=O)CN1CCN(COC=O)CCN(CC(=O)O)CC1)OC=O.O=C=O. The van der Waals surface area contributed by atoms with Gasteiger partial charge < -0.3 is 34.2 Å². The van der Waals surface area contributed by atoms with Crippen molar-refractivity contribution in [3.05, 3.63) is 0 Å². The molecule has 23 heteroatoms. The molecule has 2 heterocycles. The van der Waals surface area contributed by atoms with E-state index in [0.717, 1.165) is 6.41 Å². The van der Waals surface area contributed by atoms with Crippen LogP contribution >= 0.6 is 0 Å². The number of ether oxygens (including phenoxy) is 3. The smallest absolute Gasteiger partial charge is 0.373 e. The second-order valence-electron chi connectivity index (χ2n) is 12.9. The summed E-state index contributed by atoms with van der Waals surface area (Å²) in [7, 11) is 0. The molecule has 0 aliphatic carbocycles. The molecule has 4 N–H and O–H groups in total. The van der Waals surface area contributed by atoms with Crippen molar-refractivity contribution in [1.82, 2.24) is 39.2 Å². The van der Waals surface area contributed by atoms with Gasteiger partial charge in [0.15, 0.2) is 6.23 Å². The lowest BCUT2D eigenvalue weighted by molar-refractivity contribution is -0.192. The van der Waals surface area contributed by atoms with Crippen LogP contribution in [0.4, 0.5) is 0 Å². The first-order chi connectivity index (χ1) is 26.3. The fraction of sp³-hybridized carbons (Fsp3) is 0.750. The van der Waals surface area contributed by atoms with Crippen molar-refractivity contribution in [1.29, 1.82) is 0 Å². The Labute approximate surface area is 320 Å². The van der Waals surface area contributed by atoms with E-state index in [2.05, 4.69) is 23.5 Å². The van der Waals surface area contributed by atoms with Gasteiger partial charge in [0, 0.05) is 85.1 Å². The highest BCUT2D eigenvalue weighted by Crippen LogP contribution is 2.05. The van der Waals surface area contributed by atoms with Crippen molar-refractivity contribution < 1.29 is 67.6 Å². The van der Waals surface area contributed by atoms with Crippen molar-refractivity contribution in [2.24, 2.45) is 11.7 Å². The molecule has 1 atom stereocenters. The van der Waals surface area contributed by atoms with Gasteiger partial charge in [0.05, 0.1) is 33.0 Å². The fourth-order valence-electron chi connectivity index (χ4n) is 5.48. The Morgan fingerprint density at radius 2 is 0.945 bits per heavy atom. The summed E-state index contributed by atoms with van der Waals surface area (Å²) >= 11 is 0. The molecule has 2 rings (SSSR count). The predicted octanol–water partition coefficient (Wildman–Crippen LogP) is -4.40. The summed E-state index contributed by atoms with van der Waals surface area (Å²) in [6.45, 7) is 13.9. The molecular formula is C32H57N9O14. The number of amides is 2. The Kier molecular flexibility index (Phi) is 29.1. The van der Waals surface area contributed by atoms with Gasteiger partial charge in [-0.2, -0.15) is 9.59 Å². The number of nitrogens with zero attached hydrogens (tertiary/aromatic N) is 8. The Morgan fingerprint density at radius 1 is 0.618 bits per heavy atom. The summed E-state index contributed by atoms with van der Waals surface area (Å²) in [6.07, 6.45) is 0.795. The van der Waals surface area contributed by atoms with Crippen molar-refractivity contribution >= 4 is 50.3 Å². The van der Waals surface area contributed by atoms with Crippen LogP contribution in [0.3, 0.4) is 0 Å². The molecule has 0 saturated carbocycles. The minimum atomic E-state index is -0.928. The first-order valence-corrected chi connectivity index (χ1v) is 17.4. The van der Waals surface area contributed by atoms with Gasteiger partial charge in [-0.25, -0.2) is 0 Å². The third-order valence-corrected chi connectivity index (χ3v) is 8.07. The zero-order chi connectivity index (χ0) is 41.4. The lowest BCUT2D eigenvalue weighted by Gasteiger charge is -2.30. The number of carboxylic acids is 2. The van der Waals surface area contributed by atoms with Crippen molar-refractivity contribution in [3.63, 3.8) is 0 Å². The number of aliphatic carboxylic acids is 2. The highest BCUT2D eigenvalue weighted by atomic mass is 16.5. The van der Waals surface area contributed by atoms with Crippen LogP contribution in [-0.2, 0) is 57.4 Å². The summed E-state index contributed by atoms with van der Waals surface area (Å²) < 4.78 is 14.2. The Hall–Kier alpha value is -4.61. The normalized spacial score (nSPS) is 17.5. The number of nitrogens with two attached hydrogens (primary N) is 1. The number of rotatable bonds is 22. The van der Waals surface area contributed by atoms with Gasteiger partial charge in [0.25, 0.3) is 19.4 Å². The molecule has 2 saturated heterocycles. The molecule has 0 radical (unpaired) electrons. The summed E-state index contributed by atoms with van der Waals surface area (Å²) in [5.41, 5.74) is 5.60. The summed E-state index contributed by atoms with van der Waals surface area (Å²) in [5, 5.41) is 18.1. The van der Waals surface area contributed by atoms with Crippen LogP contribution in [0.5, 0.6) is 0 Å². The Balaban J connectivity index is 0.000000991. The van der Waals surface area contributed by atoms with E-state index in [9.17, 15) is 33.6 Å². The second-order valence-corrected chi connectivity index (χ2v) is 12.9. The first-order valence-electron chi connectivity index (χ1n) is 17.4. The number of carbonyl (C=O) groups excluding carboxylic acids is 7. The number of carbonyl (C=O) groups is 7. The van der Waals surface area contributed by atoms with E-state index in [-0.39, 0.29) is 52.4 Å². The standard InChI is InChI=1S/C16H30N4O5.C15H27N5O7.CO2/c1-15(2)9-20(12-21)11-18-5-3-17(10-16(23)24)4-7-19(8-6-18)13-25-14-22;16-14(27-13-23)7-20(10-21)9-18-3-1-17(8-15(24)25)2-5-19(6-4-18)11-26-12-22;2-1-3/h12,14-15H,3-11,13H2,1-2H3,(H,23,24);10,12-14H,1-9,11,16H2,(H,24,25);. The molecule has 0 spiro atoms. The minimum Gasteiger partial charge on any atom is -0.480 e. The molecule has 314 valence electrons. The minimum absolute atomic E-state index is 0.0282. The van der Waals surface area contributed by atoms with Gasteiger partial charge in [-0.15, -0.1) is 0 Å².